The zero-order chi connectivity index (χ0) is 27.4. The fraction of sp³-hybridized carbons (Fsp3) is 0.240. The highest BCUT2D eigenvalue weighted by Gasteiger charge is 2.32. The van der Waals surface area contributed by atoms with Crippen molar-refractivity contribution in [3.05, 3.63) is 72.0 Å². The number of hydrogen-bond donors (Lipinski definition) is 2. The summed E-state index contributed by atoms with van der Waals surface area (Å²) in [6.45, 7) is 1.32. The summed E-state index contributed by atoms with van der Waals surface area (Å²) in [5, 5.41) is 17.7. The van der Waals surface area contributed by atoms with Gasteiger partial charge in [0.25, 0.3) is 0 Å². The molecule has 4 aromatic rings. The van der Waals surface area contributed by atoms with Crippen molar-refractivity contribution in [3.63, 3.8) is 0 Å². The van der Waals surface area contributed by atoms with Crippen LogP contribution in [0.4, 0.5) is 10.3 Å². The molecule has 0 spiro atoms. The molecule has 2 N–H and O–H groups in total. The van der Waals surface area contributed by atoms with Gasteiger partial charge in [-0.3, -0.25) is 9.29 Å². The lowest BCUT2D eigenvalue weighted by molar-refractivity contribution is 0.176. The molecule has 2 aromatic carbocycles. The van der Waals surface area contributed by atoms with Crippen molar-refractivity contribution in [1.82, 2.24) is 19.7 Å². The van der Waals surface area contributed by atoms with Crippen LogP contribution in [0.25, 0.3) is 17.2 Å². The van der Waals surface area contributed by atoms with E-state index >= 15 is 0 Å². The average Bonchev–Trinajstić information content (AvgIpc) is 3.34. The Balaban J connectivity index is 1.84. The number of methoxy groups -OCH3 is 3. The number of rotatable bonds is 10. The van der Waals surface area contributed by atoms with Crippen molar-refractivity contribution in [2.24, 2.45) is 0 Å². The first kappa shape index (κ1) is 26.8. The van der Waals surface area contributed by atoms with Gasteiger partial charge in [-0.25, -0.2) is 17.8 Å². The molecule has 38 heavy (non-hydrogen) atoms. The number of aliphatic hydroxyl groups is 1. The molecule has 4 rings (SSSR count). The van der Waals surface area contributed by atoms with Gasteiger partial charge in [-0.05, 0) is 42.8 Å². The molecule has 2 heterocycles. The molecule has 0 bridgehead atoms. The molecule has 2 atom stereocenters. The molecule has 0 saturated carbocycles. The van der Waals surface area contributed by atoms with Crippen molar-refractivity contribution in [1.29, 1.82) is 0 Å². The molecule has 13 heteroatoms. The Morgan fingerprint density at radius 3 is 2.16 bits per heavy atom. The Kier molecular flexibility index (Phi) is 7.78. The van der Waals surface area contributed by atoms with E-state index < -0.39 is 27.2 Å². The third kappa shape index (κ3) is 5.24. The van der Waals surface area contributed by atoms with Crippen molar-refractivity contribution < 1.29 is 32.1 Å². The van der Waals surface area contributed by atoms with Gasteiger partial charge in [0, 0.05) is 6.07 Å². The summed E-state index contributed by atoms with van der Waals surface area (Å²) in [7, 11) is 0.111. The molecule has 0 saturated heterocycles. The Morgan fingerprint density at radius 2 is 1.55 bits per heavy atom. The minimum atomic E-state index is -4.27. The van der Waals surface area contributed by atoms with Crippen molar-refractivity contribution >= 4 is 16.0 Å². The third-order valence-corrected chi connectivity index (χ3v) is 7.53. The number of halogens is 1. The second-order valence-corrected chi connectivity index (χ2v) is 10.1. The van der Waals surface area contributed by atoms with E-state index in [1.54, 1.807) is 36.4 Å². The summed E-state index contributed by atoms with van der Waals surface area (Å²) >= 11 is 0. The van der Waals surface area contributed by atoms with Gasteiger partial charge in [0.15, 0.2) is 5.82 Å². The number of anilines is 1. The quantitative estimate of drug-likeness (QED) is 0.308. The van der Waals surface area contributed by atoms with E-state index in [-0.39, 0.29) is 17.3 Å². The first-order chi connectivity index (χ1) is 18.2. The van der Waals surface area contributed by atoms with Crippen LogP contribution in [-0.4, -0.2) is 59.9 Å². The Morgan fingerprint density at radius 1 is 0.921 bits per heavy atom. The summed E-state index contributed by atoms with van der Waals surface area (Å²) in [6, 6.07) is 15.0. The summed E-state index contributed by atoms with van der Waals surface area (Å²) in [4.78, 5) is 4.40. The number of sulfonamides is 1. The number of nitrogens with one attached hydrogen (secondary N) is 1. The molecule has 200 valence electrons. The first-order valence-electron chi connectivity index (χ1n) is 11.3. The number of aromatic nitrogens is 4. The Bertz CT molecular complexity index is 1510. The average molecular weight is 544 g/mol. The third-order valence-electron chi connectivity index (χ3n) is 5.83. The minimum absolute atomic E-state index is 0.163. The molecule has 11 nitrogen and oxygen atoms in total. The second-order valence-electron chi connectivity index (χ2n) is 8.11. The van der Waals surface area contributed by atoms with Crippen LogP contribution in [0.15, 0.2) is 60.7 Å². The van der Waals surface area contributed by atoms with Crippen LogP contribution in [0.5, 0.6) is 17.4 Å². The molecule has 0 amide bonds. The number of aliphatic hydroxyl groups excluding tert-OH is 1. The van der Waals surface area contributed by atoms with Crippen molar-refractivity contribution in [2.45, 2.75) is 18.3 Å². The molecule has 2 aromatic heterocycles. The fourth-order valence-electron chi connectivity index (χ4n) is 3.75. The second kappa shape index (κ2) is 11.0. The fourth-order valence-corrected chi connectivity index (χ4v) is 4.82. The van der Waals surface area contributed by atoms with Gasteiger partial charge in [-0.1, -0.05) is 24.3 Å². The number of para-hydroxylation sites is 1. The Labute approximate surface area is 218 Å². The summed E-state index contributed by atoms with van der Waals surface area (Å²) < 4.78 is 60.2. The van der Waals surface area contributed by atoms with E-state index in [0.717, 1.165) is 12.1 Å². The number of pyridine rings is 1. The number of ether oxygens (including phenoxy) is 3. The molecule has 0 aliphatic heterocycles. The van der Waals surface area contributed by atoms with E-state index in [4.69, 9.17) is 14.2 Å². The summed E-state index contributed by atoms with van der Waals surface area (Å²) in [6.07, 6.45) is -1.45. The predicted octanol–water partition coefficient (Wildman–Crippen LogP) is 3.36. The highest BCUT2D eigenvalue weighted by Crippen LogP contribution is 2.38. The van der Waals surface area contributed by atoms with E-state index in [9.17, 15) is 17.9 Å². The predicted molar refractivity (Wildman–Crippen MR) is 138 cm³/mol. The van der Waals surface area contributed by atoms with Gasteiger partial charge in [-0.2, -0.15) is 0 Å². The smallest absolute Gasteiger partial charge is 0.243 e. The highest BCUT2D eigenvalue weighted by atomic mass is 32.2. The van der Waals surface area contributed by atoms with Gasteiger partial charge >= 0.3 is 0 Å². The Hall–Kier alpha value is -4.23. The molecule has 0 aliphatic rings. The van der Waals surface area contributed by atoms with Gasteiger partial charge in [0.1, 0.15) is 33.9 Å². The molecule has 2 unspecified atom stereocenters. The minimum Gasteiger partial charge on any atom is -0.494 e. The maximum absolute atomic E-state index is 13.4. The van der Waals surface area contributed by atoms with Gasteiger partial charge in [0.2, 0.25) is 21.9 Å². The van der Waals surface area contributed by atoms with E-state index in [0.29, 0.717) is 28.8 Å². The number of nitrogens with zero attached hydrogens (tertiary/aromatic N) is 4. The molecular weight excluding hydrogens is 517 g/mol. The lowest BCUT2D eigenvalue weighted by Crippen LogP contribution is -2.32. The van der Waals surface area contributed by atoms with Crippen LogP contribution in [0.1, 0.15) is 18.6 Å². The van der Waals surface area contributed by atoms with Crippen LogP contribution in [0, 0.1) is 5.82 Å². The van der Waals surface area contributed by atoms with Crippen LogP contribution in [-0.2, 0) is 10.0 Å². The largest absolute Gasteiger partial charge is 0.494 e. The zero-order valence-corrected chi connectivity index (χ0v) is 21.8. The van der Waals surface area contributed by atoms with E-state index in [2.05, 4.69) is 19.9 Å². The summed E-state index contributed by atoms with van der Waals surface area (Å²) in [5.41, 5.74) is 0.875. The standard InChI is InChI=1S/C25H26FN5O6S/c1-15(23(32)16-11-13-17(26)14-12-16)38(33,34)30-25-29-28-24(18-7-5-10-21(27-18)37-4)31(25)22-19(35-2)8-6-9-20(22)36-3/h5-15,23,32H,1-4H3,(H,29,30). The lowest BCUT2D eigenvalue weighted by atomic mass is 10.1. The maximum atomic E-state index is 13.4. The van der Waals surface area contributed by atoms with Gasteiger partial charge < -0.3 is 19.3 Å². The normalized spacial score (nSPS) is 13.0. The number of benzene rings is 2. The highest BCUT2D eigenvalue weighted by molar-refractivity contribution is 7.93. The summed E-state index contributed by atoms with van der Waals surface area (Å²) in [5.74, 6) is 0.442. The van der Waals surface area contributed by atoms with Gasteiger partial charge in [-0.15, -0.1) is 10.2 Å². The molecule has 0 radical (unpaired) electrons. The monoisotopic (exact) mass is 543 g/mol. The van der Waals surface area contributed by atoms with E-state index in [1.165, 1.54) is 45.0 Å². The topological polar surface area (TPSA) is 138 Å². The van der Waals surface area contributed by atoms with Crippen LogP contribution >= 0.6 is 0 Å². The molecule has 0 aliphatic carbocycles. The van der Waals surface area contributed by atoms with Crippen molar-refractivity contribution in [2.75, 3.05) is 26.1 Å². The number of hydrogen-bond acceptors (Lipinski definition) is 9. The van der Waals surface area contributed by atoms with Crippen molar-refractivity contribution in [3.8, 4) is 34.6 Å². The van der Waals surface area contributed by atoms with Crippen LogP contribution in [0.3, 0.4) is 0 Å². The van der Waals surface area contributed by atoms with Crippen LogP contribution < -0.4 is 18.9 Å². The lowest BCUT2D eigenvalue weighted by Gasteiger charge is -2.21. The van der Waals surface area contributed by atoms with E-state index in [1.807, 2.05) is 0 Å². The molecular formula is C25H26FN5O6S. The first-order valence-corrected chi connectivity index (χ1v) is 12.9. The van der Waals surface area contributed by atoms with Crippen LogP contribution in [0.2, 0.25) is 0 Å². The van der Waals surface area contributed by atoms with Gasteiger partial charge in [0.05, 0.1) is 27.4 Å². The SMILES string of the molecule is COc1cccc(-c2nnc(NS(=O)(=O)C(C)C(O)c3ccc(F)cc3)n2-c2c(OC)cccc2OC)n1. The maximum Gasteiger partial charge on any atom is 0.243 e. The molecule has 0 fully saturated rings. The zero-order valence-electron chi connectivity index (χ0n) is 21.0.